The molecule has 10 heteroatoms. The molecule has 0 spiro atoms. The number of alkyl halides is 3. The molecule has 1 unspecified atom stereocenters. The van der Waals surface area contributed by atoms with Crippen molar-refractivity contribution in [2.75, 3.05) is 5.32 Å². The van der Waals surface area contributed by atoms with E-state index < -0.39 is 17.7 Å². The monoisotopic (exact) mass is 495 g/mol. The van der Waals surface area contributed by atoms with Crippen molar-refractivity contribution in [2.24, 2.45) is 5.92 Å². The van der Waals surface area contributed by atoms with Gasteiger partial charge < -0.3 is 15.0 Å². The quantitative estimate of drug-likeness (QED) is 0.338. The van der Waals surface area contributed by atoms with E-state index in [9.17, 15) is 23.1 Å². The molecule has 1 aliphatic carbocycles. The Morgan fingerprint density at radius 3 is 2.47 bits per heavy atom. The van der Waals surface area contributed by atoms with Crippen molar-refractivity contribution in [1.82, 2.24) is 19.5 Å². The van der Waals surface area contributed by atoms with Crippen molar-refractivity contribution in [1.29, 1.82) is 0 Å². The van der Waals surface area contributed by atoms with Gasteiger partial charge in [0.15, 0.2) is 11.5 Å². The molecule has 0 radical (unpaired) electrons. The highest BCUT2D eigenvalue weighted by atomic mass is 19.4. The molecule has 4 aromatic rings. The number of anilines is 1. The Morgan fingerprint density at radius 2 is 1.86 bits per heavy atom. The predicted molar refractivity (Wildman–Crippen MR) is 129 cm³/mol. The van der Waals surface area contributed by atoms with Gasteiger partial charge in [0.1, 0.15) is 11.3 Å². The number of rotatable bonds is 7. The highest BCUT2D eigenvalue weighted by Gasteiger charge is 2.31. The lowest BCUT2D eigenvalue weighted by atomic mass is 10.1. The lowest BCUT2D eigenvalue weighted by Gasteiger charge is -2.17. The zero-order chi connectivity index (χ0) is 25.6. The fourth-order valence-electron chi connectivity index (χ4n) is 4.30. The summed E-state index contributed by atoms with van der Waals surface area (Å²) in [7, 11) is 0. The molecule has 0 aliphatic heterocycles. The zero-order valence-electron chi connectivity index (χ0n) is 19.7. The Labute approximate surface area is 205 Å². The Balaban J connectivity index is 1.69. The van der Waals surface area contributed by atoms with Crippen LogP contribution in [0.3, 0.4) is 0 Å². The second-order valence-corrected chi connectivity index (χ2v) is 9.23. The van der Waals surface area contributed by atoms with Crippen LogP contribution in [0.25, 0.3) is 22.6 Å². The topological polar surface area (TPSA) is 92.9 Å². The van der Waals surface area contributed by atoms with Gasteiger partial charge in [0.25, 0.3) is 0 Å². The van der Waals surface area contributed by atoms with Gasteiger partial charge in [-0.1, -0.05) is 35.9 Å². The number of nitrogens with zero attached hydrogens (tertiary/aromatic N) is 4. The van der Waals surface area contributed by atoms with Crippen LogP contribution >= 0.6 is 0 Å². The van der Waals surface area contributed by atoms with Gasteiger partial charge in [-0.15, -0.1) is 0 Å². The molecule has 0 bridgehead atoms. The van der Waals surface area contributed by atoms with E-state index in [1.165, 1.54) is 12.1 Å². The summed E-state index contributed by atoms with van der Waals surface area (Å²) in [6.07, 6.45) is -2.27. The number of halogens is 3. The number of aromatic nitrogens is 4. The number of carboxylic acid groups (broad SMARTS) is 1. The molecule has 5 rings (SSSR count). The van der Waals surface area contributed by atoms with E-state index >= 15 is 0 Å². The summed E-state index contributed by atoms with van der Waals surface area (Å²) in [6.45, 7) is 4.16. The van der Waals surface area contributed by atoms with Gasteiger partial charge in [0.2, 0.25) is 5.82 Å². The second kappa shape index (κ2) is 8.92. The van der Waals surface area contributed by atoms with E-state index in [-0.39, 0.29) is 24.1 Å². The largest absolute Gasteiger partial charge is 0.475 e. The first-order valence-electron chi connectivity index (χ1n) is 11.6. The zero-order valence-corrected chi connectivity index (χ0v) is 19.7. The van der Waals surface area contributed by atoms with E-state index in [2.05, 4.69) is 20.3 Å². The maximum absolute atomic E-state index is 13.1. The first kappa shape index (κ1) is 23.8. The van der Waals surface area contributed by atoms with Crippen molar-refractivity contribution in [3.63, 3.8) is 0 Å². The molecular formula is C26H24F3N5O2. The maximum Gasteiger partial charge on any atom is 0.416 e. The van der Waals surface area contributed by atoms with Gasteiger partial charge in [0.05, 0.1) is 5.56 Å². The number of hydrogen-bond acceptors (Lipinski definition) is 5. The van der Waals surface area contributed by atoms with E-state index in [0.29, 0.717) is 28.6 Å². The van der Waals surface area contributed by atoms with Crippen molar-refractivity contribution >= 4 is 23.0 Å². The summed E-state index contributed by atoms with van der Waals surface area (Å²) >= 11 is 0. The number of aromatic carboxylic acids is 1. The Hall–Kier alpha value is -3.95. The van der Waals surface area contributed by atoms with Gasteiger partial charge in [-0.05, 0) is 56.4 Å². The van der Waals surface area contributed by atoms with Crippen LogP contribution in [0.15, 0.2) is 48.5 Å². The van der Waals surface area contributed by atoms with Crippen LogP contribution in [0.4, 0.5) is 19.0 Å². The minimum atomic E-state index is -4.43. The third kappa shape index (κ3) is 4.75. The summed E-state index contributed by atoms with van der Waals surface area (Å²) in [5.41, 5.74) is 2.38. The second-order valence-electron chi connectivity index (χ2n) is 9.23. The molecule has 1 fully saturated rings. The van der Waals surface area contributed by atoms with Crippen molar-refractivity contribution < 1.29 is 23.1 Å². The highest BCUT2D eigenvalue weighted by Crippen LogP contribution is 2.36. The summed E-state index contributed by atoms with van der Waals surface area (Å²) < 4.78 is 41.1. The standard InChI is InChI=1S/C26H24F3N5O2/c1-14-4-3-5-18(12-14)24-33-22-20(34(24)13-16-6-10-19(11-7-16)26(27,28)29)21(30-15(2)17-8-9-17)31-23(32-22)25(35)36/h3-7,10-12,15,17H,8-9,13H2,1-2H3,(H,35,36)(H,30,31,32). The summed E-state index contributed by atoms with van der Waals surface area (Å²) in [6, 6.07) is 12.7. The molecule has 2 aromatic heterocycles. The average Bonchev–Trinajstić information content (AvgIpc) is 3.61. The first-order valence-corrected chi connectivity index (χ1v) is 11.6. The van der Waals surface area contributed by atoms with Gasteiger partial charge in [-0.25, -0.2) is 19.7 Å². The molecule has 2 aromatic carbocycles. The Bertz CT molecular complexity index is 1440. The molecule has 2 N–H and O–H groups in total. The molecule has 1 saturated carbocycles. The third-order valence-electron chi connectivity index (χ3n) is 6.39. The molecular weight excluding hydrogens is 471 g/mol. The van der Waals surface area contributed by atoms with E-state index in [1.54, 1.807) is 0 Å². The summed E-state index contributed by atoms with van der Waals surface area (Å²) in [5.74, 6) is -0.315. The van der Waals surface area contributed by atoms with E-state index in [1.807, 2.05) is 42.7 Å². The van der Waals surface area contributed by atoms with Gasteiger partial charge in [0, 0.05) is 18.2 Å². The SMILES string of the molecule is Cc1cccc(-c2nc3nc(C(=O)O)nc(NC(C)C4CC4)c3n2Cc2ccc(C(F)(F)F)cc2)c1. The number of carboxylic acids is 1. The maximum atomic E-state index is 13.1. The lowest BCUT2D eigenvalue weighted by Crippen LogP contribution is -2.20. The number of aryl methyl sites for hydroxylation is 1. The summed E-state index contributed by atoms with van der Waals surface area (Å²) in [4.78, 5) is 24.9. The van der Waals surface area contributed by atoms with Crippen LogP contribution < -0.4 is 5.32 Å². The number of benzene rings is 2. The van der Waals surface area contributed by atoms with Gasteiger partial charge >= 0.3 is 12.1 Å². The Morgan fingerprint density at radius 1 is 1.14 bits per heavy atom. The number of carbonyl (C=O) groups is 1. The first-order chi connectivity index (χ1) is 17.1. The highest BCUT2D eigenvalue weighted by molar-refractivity contribution is 5.92. The molecule has 0 amide bonds. The van der Waals surface area contributed by atoms with Crippen molar-refractivity contribution in [3.05, 3.63) is 71.0 Å². The van der Waals surface area contributed by atoms with Crippen LogP contribution in [0.2, 0.25) is 0 Å². The number of nitrogens with one attached hydrogen (secondary N) is 1. The molecule has 186 valence electrons. The smallest absolute Gasteiger partial charge is 0.416 e. The lowest BCUT2D eigenvalue weighted by molar-refractivity contribution is -0.137. The molecule has 1 atom stereocenters. The van der Waals surface area contributed by atoms with Crippen LogP contribution in [0.5, 0.6) is 0 Å². The molecule has 36 heavy (non-hydrogen) atoms. The predicted octanol–water partition coefficient (Wildman–Crippen LogP) is 5.78. The van der Waals surface area contributed by atoms with E-state index in [0.717, 1.165) is 36.1 Å². The van der Waals surface area contributed by atoms with Crippen LogP contribution in [-0.2, 0) is 12.7 Å². The fourth-order valence-corrected chi connectivity index (χ4v) is 4.30. The number of fused-ring (bicyclic) bond motifs is 1. The van der Waals surface area contributed by atoms with Gasteiger partial charge in [-0.2, -0.15) is 13.2 Å². The average molecular weight is 496 g/mol. The minimum absolute atomic E-state index is 0.0570. The van der Waals surface area contributed by atoms with Crippen LogP contribution in [0.1, 0.15) is 47.1 Å². The molecule has 1 aliphatic rings. The van der Waals surface area contributed by atoms with E-state index in [4.69, 9.17) is 0 Å². The Kier molecular flexibility index (Phi) is 5.89. The number of hydrogen-bond donors (Lipinski definition) is 2. The van der Waals surface area contributed by atoms with Gasteiger partial charge in [-0.3, -0.25) is 0 Å². The normalized spacial score (nSPS) is 14.7. The molecule has 2 heterocycles. The summed E-state index contributed by atoms with van der Waals surface area (Å²) in [5, 5.41) is 13.0. The third-order valence-corrected chi connectivity index (χ3v) is 6.39. The molecule has 7 nitrogen and oxygen atoms in total. The van der Waals surface area contributed by atoms with Crippen molar-refractivity contribution in [2.45, 2.75) is 45.5 Å². The van der Waals surface area contributed by atoms with Crippen molar-refractivity contribution in [3.8, 4) is 11.4 Å². The fraction of sp³-hybridized carbons (Fsp3) is 0.308. The molecule has 0 saturated heterocycles. The number of imidazole rings is 1. The minimum Gasteiger partial charge on any atom is -0.475 e. The van der Waals surface area contributed by atoms with Crippen LogP contribution in [0, 0.1) is 12.8 Å². The van der Waals surface area contributed by atoms with Crippen LogP contribution in [-0.4, -0.2) is 36.6 Å².